The number of benzene rings is 1. The number of hydrogen-bond acceptors (Lipinski definition) is 5. The number of aryl methyl sites for hydroxylation is 1. The largest absolute Gasteiger partial charge is 0.325 e. The molecule has 2 rings (SSSR count). The third-order valence-corrected chi connectivity index (χ3v) is 5.24. The number of hydrogen-bond donors (Lipinski definition) is 3. The minimum atomic E-state index is -3.31. The minimum Gasteiger partial charge on any atom is -0.325 e. The van der Waals surface area contributed by atoms with Gasteiger partial charge in [0.2, 0.25) is 15.9 Å². The number of piperazine rings is 1. The highest BCUT2D eigenvalue weighted by molar-refractivity contribution is 7.92. The molecule has 0 bridgehead atoms. The van der Waals surface area contributed by atoms with E-state index in [4.69, 9.17) is 0 Å². The van der Waals surface area contributed by atoms with Crippen molar-refractivity contribution in [2.75, 3.05) is 42.5 Å². The van der Waals surface area contributed by atoms with E-state index in [0.29, 0.717) is 17.9 Å². The van der Waals surface area contributed by atoms with Crippen LogP contribution in [0.3, 0.4) is 0 Å². The highest BCUT2D eigenvalue weighted by atomic mass is 32.2. The Kier molecular flexibility index (Phi) is 5.61. The van der Waals surface area contributed by atoms with E-state index < -0.39 is 10.0 Å². The van der Waals surface area contributed by atoms with E-state index in [0.717, 1.165) is 18.7 Å². The smallest absolute Gasteiger partial charge is 0.243 e. The van der Waals surface area contributed by atoms with Gasteiger partial charge >= 0.3 is 0 Å². The van der Waals surface area contributed by atoms with E-state index in [-0.39, 0.29) is 17.7 Å². The highest BCUT2D eigenvalue weighted by Gasteiger charge is 2.25. The summed E-state index contributed by atoms with van der Waals surface area (Å²) in [4.78, 5) is 14.4. The van der Waals surface area contributed by atoms with Gasteiger partial charge in [0.25, 0.3) is 0 Å². The molecule has 1 heterocycles. The normalized spacial score (nSPS) is 19.3. The lowest BCUT2D eigenvalue weighted by Crippen LogP contribution is -2.54. The molecule has 1 saturated heterocycles. The summed E-state index contributed by atoms with van der Waals surface area (Å²) in [6.45, 7) is 5.72. The van der Waals surface area contributed by atoms with Gasteiger partial charge in [0.1, 0.15) is 6.04 Å². The lowest BCUT2D eigenvalue weighted by atomic mass is 10.1. The molecule has 0 saturated carbocycles. The van der Waals surface area contributed by atoms with Crippen molar-refractivity contribution >= 4 is 27.3 Å². The van der Waals surface area contributed by atoms with Crippen LogP contribution in [-0.4, -0.2) is 57.7 Å². The molecule has 1 unspecified atom stereocenters. The maximum Gasteiger partial charge on any atom is 0.243 e. The van der Waals surface area contributed by atoms with E-state index in [9.17, 15) is 13.2 Å². The molecule has 1 aliphatic heterocycles. The second kappa shape index (κ2) is 7.29. The first-order valence-electron chi connectivity index (χ1n) is 7.65. The van der Waals surface area contributed by atoms with Crippen LogP contribution in [0, 0.1) is 6.92 Å². The third-order valence-electron chi connectivity index (χ3n) is 3.95. The molecule has 1 atom stereocenters. The zero-order chi connectivity index (χ0) is 17.0. The summed E-state index contributed by atoms with van der Waals surface area (Å²) in [7, 11) is -1.38. The number of anilines is 2. The summed E-state index contributed by atoms with van der Waals surface area (Å²) >= 11 is 0. The zero-order valence-corrected chi connectivity index (χ0v) is 14.5. The lowest BCUT2D eigenvalue weighted by molar-refractivity contribution is -0.121. The Bertz CT molecular complexity index is 675. The first-order chi connectivity index (χ1) is 10.8. The van der Waals surface area contributed by atoms with Crippen LogP contribution in [0.15, 0.2) is 18.2 Å². The number of likely N-dealkylation sites (N-methyl/N-ethyl adjacent to an activating group) is 1. The Balaban J connectivity index is 2.07. The number of carbonyl (C=O) groups is 1. The molecule has 1 aromatic carbocycles. The summed E-state index contributed by atoms with van der Waals surface area (Å²) in [5.41, 5.74) is 1.95. The zero-order valence-electron chi connectivity index (χ0n) is 13.7. The van der Waals surface area contributed by atoms with Gasteiger partial charge in [-0.3, -0.25) is 14.4 Å². The predicted molar refractivity (Wildman–Crippen MR) is 92.2 cm³/mol. The van der Waals surface area contributed by atoms with Crippen LogP contribution < -0.4 is 15.4 Å². The molecule has 1 aliphatic rings. The van der Waals surface area contributed by atoms with Crippen LogP contribution in [0.5, 0.6) is 0 Å². The van der Waals surface area contributed by atoms with Gasteiger partial charge in [-0.15, -0.1) is 0 Å². The van der Waals surface area contributed by atoms with Gasteiger partial charge in [-0.25, -0.2) is 8.42 Å². The van der Waals surface area contributed by atoms with Crippen LogP contribution in [-0.2, 0) is 14.8 Å². The van der Waals surface area contributed by atoms with Gasteiger partial charge < -0.3 is 10.6 Å². The minimum absolute atomic E-state index is 0.0198. The van der Waals surface area contributed by atoms with Gasteiger partial charge in [-0.1, -0.05) is 0 Å². The Morgan fingerprint density at radius 2 is 2.17 bits per heavy atom. The molecule has 128 valence electrons. The Morgan fingerprint density at radius 1 is 1.43 bits per heavy atom. The van der Waals surface area contributed by atoms with Crippen molar-refractivity contribution in [1.82, 2.24) is 10.2 Å². The summed E-state index contributed by atoms with van der Waals surface area (Å²) in [6, 6.07) is 4.93. The SMILES string of the molecule is CCS(=O)(=O)Nc1ccc(NC(=O)C2CNCCN2C)cc1C. The Hall–Kier alpha value is -1.64. The van der Waals surface area contributed by atoms with Gasteiger partial charge in [-0.05, 0) is 44.7 Å². The van der Waals surface area contributed by atoms with Gasteiger partial charge in [0, 0.05) is 25.3 Å². The van der Waals surface area contributed by atoms with E-state index >= 15 is 0 Å². The molecule has 1 amide bonds. The van der Waals surface area contributed by atoms with Crippen molar-refractivity contribution < 1.29 is 13.2 Å². The number of carbonyl (C=O) groups excluding carboxylic acids is 1. The van der Waals surface area contributed by atoms with E-state index in [1.807, 2.05) is 11.9 Å². The summed E-state index contributed by atoms with van der Waals surface area (Å²) < 4.78 is 25.8. The van der Waals surface area contributed by atoms with Crippen molar-refractivity contribution in [1.29, 1.82) is 0 Å². The second-order valence-corrected chi connectivity index (χ2v) is 7.74. The second-order valence-electron chi connectivity index (χ2n) is 5.72. The van der Waals surface area contributed by atoms with Crippen LogP contribution in [0.1, 0.15) is 12.5 Å². The molecule has 0 spiro atoms. The predicted octanol–water partition coefficient (Wildman–Crippen LogP) is 0.599. The summed E-state index contributed by atoms with van der Waals surface area (Å²) in [5, 5.41) is 6.09. The van der Waals surface area contributed by atoms with Crippen molar-refractivity contribution in [3.05, 3.63) is 23.8 Å². The fraction of sp³-hybridized carbons (Fsp3) is 0.533. The molecular weight excluding hydrogens is 316 g/mol. The van der Waals surface area contributed by atoms with Gasteiger partial charge in [0.15, 0.2) is 0 Å². The number of amides is 1. The monoisotopic (exact) mass is 340 g/mol. The first kappa shape index (κ1) is 17.7. The number of sulfonamides is 1. The molecule has 0 radical (unpaired) electrons. The summed E-state index contributed by atoms with van der Waals surface area (Å²) in [5.74, 6) is -0.0487. The van der Waals surface area contributed by atoms with Crippen LogP contribution in [0.2, 0.25) is 0 Å². The topological polar surface area (TPSA) is 90.5 Å². The Labute approximate surface area is 137 Å². The van der Waals surface area contributed by atoms with Crippen LogP contribution in [0.4, 0.5) is 11.4 Å². The van der Waals surface area contributed by atoms with E-state index in [1.165, 1.54) is 0 Å². The van der Waals surface area contributed by atoms with Crippen molar-refractivity contribution in [2.45, 2.75) is 19.9 Å². The van der Waals surface area contributed by atoms with Crippen molar-refractivity contribution in [2.24, 2.45) is 0 Å². The molecule has 3 N–H and O–H groups in total. The number of nitrogens with one attached hydrogen (secondary N) is 3. The molecular formula is C15H24N4O3S. The number of nitrogens with zero attached hydrogens (tertiary/aromatic N) is 1. The molecule has 0 aliphatic carbocycles. The number of rotatable bonds is 5. The fourth-order valence-electron chi connectivity index (χ4n) is 2.42. The molecule has 1 fully saturated rings. The molecule has 8 heteroatoms. The quantitative estimate of drug-likeness (QED) is 0.730. The van der Waals surface area contributed by atoms with E-state index in [1.54, 1.807) is 32.0 Å². The summed E-state index contributed by atoms with van der Waals surface area (Å²) in [6.07, 6.45) is 0. The maximum absolute atomic E-state index is 12.3. The van der Waals surface area contributed by atoms with Gasteiger partial charge in [0.05, 0.1) is 11.4 Å². The van der Waals surface area contributed by atoms with E-state index in [2.05, 4.69) is 15.4 Å². The standard InChI is InChI=1S/C15H24N4O3S/c1-4-23(21,22)18-13-6-5-12(9-11(13)2)17-15(20)14-10-16-7-8-19(14)3/h5-6,9,14,16,18H,4,7-8,10H2,1-3H3,(H,17,20). The first-order valence-corrected chi connectivity index (χ1v) is 9.30. The molecule has 23 heavy (non-hydrogen) atoms. The fourth-order valence-corrected chi connectivity index (χ4v) is 3.13. The third kappa shape index (κ3) is 4.66. The van der Waals surface area contributed by atoms with Gasteiger partial charge in [-0.2, -0.15) is 0 Å². The van der Waals surface area contributed by atoms with Crippen molar-refractivity contribution in [3.63, 3.8) is 0 Å². The molecule has 1 aromatic rings. The lowest BCUT2D eigenvalue weighted by Gasteiger charge is -2.31. The molecule has 7 nitrogen and oxygen atoms in total. The van der Waals surface area contributed by atoms with Crippen LogP contribution >= 0.6 is 0 Å². The van der Waals surface area contributed by atoms with Crippen LogP contribution in [0.25, 0.3) is 0 Å². The highest BCUT2D eigenvalue weighted by Crippen LogP contribution is 2.21. The molecule has 0 aromatic heterocycles. The average Bonchev–Trinajstić information content (AvgIpc) is 2.50. The Morgan fingerprint density at radius 3 is 2.78 bits per heavy atom. The van der Waals surface area contributed by atoms with Crippen molar-refractivity contribution in [3.8, 4) is 0 Å². The average molecular weight is 340 g/mol. The maximum atomic E-state index is 12.3.